The van der Waals surface area contributed by atoms with Crippen LogP contribution in [0.1, 0.15) is 6.42 Å². The van der Waals surface area contributed by atoms with E-state index in [2.05, 4.69) is 28.5 Å². The van der Waals surface area contributed by atoms with Crippen molar-refractivity contribution in [3.63, 3.8) is 0 Å². The number of hydrogen-bond acceptors (Lipinski definition) is 5. The van der Waals surface area contributed by atoms with Gasteiger partial charge in [0.25, 0.3) is 0 Å². The first-order valence-electron chi connectivity index (χ1n) is 10.8. The smallest absolute Gasteiger partial charge is 0.227 e. The number of ether oxygens (including phenoxy) is 1. The fourth-order valence-corrected chi connectivity index (χ4v) is 4.06. The highest BCUT2D eigenvalue weighted by atomic mass is 19.1. The summed E-state index contributed by atoms with van der Waals surface area (Å²) in [7, 11) is 1.93. The lowest BCUT2D eigenvalue weighted by molar-refractivity contribution is 0.0313. The molecule has 1 N–H and O–H groups in total. The SMILES string of the molecule is CN1CC[C@H](Oc2ccc(Nc3ncc4cccc(-c5ccccc5)c4n3)cc2)[C@@H](F)C1. The molecule has 2 heterocycles. The Bertz CT molecular complexity index is 1200. The Morgan fingerprint density at radius 3 is 2.59 bits per heavy atom. The number of benzene rings is 3. The van der Waals surface area contributed by atoms with Crippen LogP contribution in [0, 0.1) is 0 Å². The number of nitrogens with one attached hydrogen (secondary N) is 1. The Kier molecular flexibility index (Phi) is 5.69. The topological polar surface area (TPSA) is 50.3 Å². The second-order valence-corrected chi connectivity index (χ2v) is 8.18. The molecule has 5 rings (SSSR count). The van der Waals surface area contributed by atoms with Crippen molar-refractivity contribution in [2.75, 3.05) is 25.5 Å². The molecule has 2 atom stereocenters. The lowest BCUT2D eigenvalue weighted by Gasteiger charge is -2.32. The quantitative estimate of drug-likeness (QED) is 0.457. The van der Waals surface area contributed by atoms with Crippen molar-refractivity contribution in [1.82, 2.24) is 14.9 Å². The van der Waals surface area contributed by atoms with Crippen LogP contribution in [0.3, 0.4) is 0 Å². The summed E-state index contributed by atoms with van der Waals surface area (Å²) >= 11 is 0. The van der Waals surface area contributed by atoms with Gasteiger partial charge in [-0.2, -0.15) is 0 Å². The van der Waals surface area contributed by atoms with E-state index in [1.807, 2.05) is 72.7 Å². The third-order valence-electron chi connectivity index (χ3n) is 5.78. The maximum absolute atomic E-state index is 14.2. The molecule has 3 aromatic carbocycles. The van der Waals surface area contributed by atoms with Gasteiger partial charge >= 0.3 is 0 Å². The van der Waals surface area contributed by atoms with Gasteiger partial charge in [0, 0.05) is 35.9 Å². The average Bonchev–Trinajstić information content (AvgIpc) is 2.82. The minimum absolute atomic E-state index is 0.398. The highest BCUT2D eigenvalue weighted by Crippen LogP contribution is 2.28. The van der Waals surface area contributed by atoms with E-state index in [1.165, 1.54) is 0 Å². The first kappa shape index (κ1) is 20.4. The molecule has 1 aromatic heterocycles. The average molecular weight is 429 g/mol. The van der Waals surface area contributed by atoms with E-state index in [0.29, 0.717) is 24.7 Å². The molecule has 162 valence electrons. The Balaban J connectivity index is 1.33. The molecular weight excluding hydrogens is 403 g/mol. The van der Waals surface area contributed by atoms with Crippen LogP contribution in [-0.2, 0) is 0 Å². The van der Waals surface area contributed by atoms with Crippen LogP contribution in [0.25, 0.3) is 22.0 Å². The summed E-state index contributed by atoms with van der Waals surface area (Å²) in [6.45, 7) is 1.25. The third kappa shape index (κ3) is 4.41. The second kappa shape index (κ2) is 8.93. The van der Waals surface area contributed by atoms with E-state index in [1.54, 1.807) is 0 Å². The van der Waals surface area contributed by atoms with Crippen molar-refractivity contribution < 1.29 is 9.13 Å². The summed E-state index contributed by atoms with van der Waals surface area (Å²) in [5.74, 6) is 1.19. The number of nitrogens with zero attached hydrogens (tertiary/aromatic N) is 3. The van der Waals surface area contributed by atoms with E-state index in [9.17, 15) is 4.39 Å². The van der Waals surface area contributed by atoms with Gasteiger partial charge < -0.3 is 15.0 Å². The largest absolute Gasteiger partial charge is 0.487 e. The molecule has 1 saturated heterocycles. The normalized spacial score (nSPS) is 19.1. The standard InChI is InChI=1S/C26H25FN4O/c1-31-15-14-24(23(27)17-31)32-21-12-10-20(11-13-21)29-26-28-16-19-8-5-9-22(25(19)30-26)18-6-3-2-4-7-18/h2-13,16,23-24H,14-15,17H2,1H3,(H,28,29,30)/t23-,24-/m0/s1. The number of likely N-dealkylation sites (tertiary alicyclic amines) is 1. The number of aromatic nitrogens is 2. The zero-order chi connectivity index (χ0) is 21.9. The van der Waals surface area contributed by atoms with Gasteiger partial charge in [-0.1, -0.05) is 48.5 Å². The molecule has 1 aliphatic heterocycles. The Labute approximate surface area is 186 Å². The highest BCUT2D eigenvalue weighted by molar-refractivity contribution is 5.93. The van der Waals surface area contributed by atoms with Crippen LogP contribution in [0.15, 0.2) is 79.0 Å². The van der Waals surface area contributed by atoms with Crippen molar-refractivity contribution in [3.05, 3.63) is 79.0 Å². The molecule has 0 spiro atoms. The number of alkyl halides is 1. The molecule has 32 heavy (non-hydrogen) atoms. The van der Waals surface area contributed by atoms with Gasteiger partial charge in [-0.3, -0.25) is 0 Å². The van der Waals surface area contributed by atoms with Gasteiger partial charge in [-0.15, -0.1) is 0 Å². The molecule has 0 unspecified atom stereocenters. The van der Waals surface area contributed by atoms with E-state index in [0.717, 1.165) is 34.3 Å². The molecule has 0 amide bonds. The third-order valence-corrected chi connectivity index (χ3v) is 5.78. The fraction of sp³-hybridized carbons (Fsp3) is 0.231. The van der Waals surface area contributed by atoms with Gasteiger partial charge in [0.15, 0.2) is 0 Å². The van der Waals surface area contributed by atoms with Crippen LogP contribution in [0.5, 0.6) is 5.75 Å². The number of fused-ring (bicyclic) bond motifs is 1. The lowest BCUT2D eigenvalue weighted by Crippen LogP contribution is -2.45. The molecule has 0 aliphatic carbocycles. The van der Waals surface area contributed by atoms with Crippen LogP contribution in [-0.4, -0.2) is 47.3 Å². The highest BCUT2D eigenvalue weighted by Gasteiger charge is 2.29. The van der Waals surface area contributed by atoms with Crippen molar-refractivity contribution in [1.29, 1.82) is 0 Å². The van der Waals surface area contributed by atoms with E-state index >= 15 is 0 Å². The predicted octanol–water partition coefficient (Wildman–Crippen LogP) is 5.46. The van der Waals surface area contributed by atoms with Gasteiger partial charge in [0.05, 0.1) is 5.52 Å². The van der Waals surface area contributed by atoms with Gasteiger partial charge in [-0.25, -0.2) is 14.4 Å². The van der Waals surface area contributed by atoms with Crippen molar-refractivity contribution >= 4 is 22.5 Å². The first-order chi connectivity index (χ1) is 15.7. The van der Waals surface area contributed by atoms with Crippen LogP contribution < -0.4 is 10.1 Å². The maximum Gasteiger partial charge on any atom is 0.227 e. The molecule has 1 aliphatic rings. The minimum atomic E-state index is -0.976. The number of piperidine rings is 1. The van der Waals surface area contributed by atoms with E-state index in [4.69, 9.17) is 9.72 Å². The molecule has 0 radical (unpaired) electrons. The lowest BCUT2D eigenvalue weighted by atomic mass is 10.0. The number of halogens is 1. The minimum Gasteiger partial charge on any atom is -0.487 e. The zero-order valence-corrected chi connectivity index (χ0v) is 17.9. The monoisotopic (exact) mass is 428 g/mol. The van der Waals surface area contributed by atoms with Gasteiger partial charge in [0.1, 0.15) is 18.0 Å². The van der Waals surface area contributed by atoms with Gasteiger partial charge in [0.2, 0.25) is 5.95 Å². The van der Waals surface area contributed by atoms with Crippen LogP contribution in [0.4, 0.5) is 16.0 Å². The Morgan fingerprint density at radius 1 is 1.00 bits per heavy atom. The maximum atomic E-state index is 14.2. The van der Waals surface area contributed by atoms with Gasteiger partial charge in [-0.05, 0) is 43.3 Å². The summed E-state index contributed by atoms with van der Waals surface area (Å²) in [5.41, 5.74) is 3.92. The van der Waals surface area contributed by atoms with Crippen molar-refractivity contribution in [2.45, 2.75) is 18.7 Å². The molecule has 1 fully saturated rings. The molecule has 0 bridgehead atoms. The van der Waals surface area contributed by atoms with E-state index < -0.39 is 12.3 Å². The molecule has 6 heteroatoms. The Morgan fingerprint density at radius 2 is 1.81 bits per heavy atom. The van der Waals surface area contributed by atoms with Crippen molar-refractivity contribution in [3.8, 4) is 16.9 Å². The molecule has 4 aromatic rings. The Hall–Kier alpha value is -3.51. The van der Waals surface area contributed by atoms with E-state index in [-0.39, 0.29) is 0 Å². The van der Waals surface area contributed by atoms with Crippen LogP contribution in [0.2, 0.25) is 0 Å². The molecule has 5 nitrogen and oxygen atoms in total. The summed E-state index contributed by atoms with van der Waals surface area (Å²) in [5, 5.41) is 4.25. The summed E-state index contributed by atoms with van der Waals surface area (Å²) in [6, 6.07) is 23.8. The first-order valence-corrected chi connectivity index (χ1v) is 10.8. The summed E-state index contributed by atoms with van der Waals surface area (Å²) in [4.78, 5) is 11.2. The zero-order valence-electron chi connectivity index (χ0n) is 17.9. The number of hydrogen-bond donors (Lipinski definition) is 1. The fourth-order valence-electron chi connectivity index (χ4n) is 4.06. The number of para-hydroxylation sites is 1. The molecular formula is C26H25FN4O. The predicted molar refractivity (Wildman–Crippen MR) is 126 cm³/mol. The second-order valence-electron chi connectivity index (χ2n) is 8.18. The summed E-state index contributed by atoms with van der Waals surface area (Å²) in [6.07, 6.45) is 1.14. The molecule has 0 saturated carbocycles. The number of rotatable bonds is 5. The number of anilines is 2. The van der Waals surface area contributed by atoms with Crippen molar-refractivity contribution in [2.24, 2.45) is 0 Å². The van der Waals surface area contributed by atoms with Crippen LogP contribution >= 0.6 is 0 Å². The summed E-state index contributed by atoms with van der Waals surface area (Å²) < 4.78 is 20.1.